The quantitative estimate of drug-likeness (QED) is 0.675. The summed E-state index contributed by atoms with van der Waals surface area (Å²) < 4.78 is 6.11. The second-order valence-corrected chi connectivity index (χ2v) is 9.33. The molecule has 2 bridgehead atoms. The number of carbonyl (C=O) groups excluding carboxylic acids is 1. The molecule has 1 saturated carbocycles. The zero-order chi connectivity index (χ0) is 21.6. The maximum atomic E-state index is 13.0. The molecule has 5 rings (SSSR count). The van der Waals surface area contributed by atoms with E-state index in [1.54, 1.807) is 18.3 Å². The third-order valence-corrected chi connectivity index (χ3v) is 7.34. The van der Waals surface area contributed by atoms with Crippen molar-refractivity contribution >= 4 is 34.9 Å². The Kier molecular flexibility index (Phi) is 5.29. The van der Waals surface area contributed by atoms with Crippen LogP contribution in [-0.2, 0) is 15.1 Å². The number of anilines is 1. The minimum absolute atomic E-state index is 0.0238. The molecule has 3 fully saturated rings. The number of rotatable bonds is 5. The molecule has 0 radical (unpaired) electrons. The van der Waals surface area contributed by atoms with Gasteiger partial charge in [-0.05, 0) is 55.5 Å². The fraction of sp³-hybridized carbons (Fsp3) is 0.435. The lowest BCUT2D eigenvalue weighted by molar-refractivity contribution is -0.140. The summed E-state index contributed by atoms with van der Waals surface area (Å²) in [7, 11) is 0. The summed E-state index contributed by atoms with van der Waals surface area (Å²) in [6.07, 6.45) is 5.43. The number of likely N-dealkylation sites (tertiary alicyclic amines) is 1. The number of amides is 1. The molecular weight excluding hydrogens is 435 g/mol. The third kappa shape index (κ3) is 3.87. The summed E-state index contributed by atoms with van der Waals surface area (Å²) >= 11 is 12.2. The molecule has 6 nitrogen and oxygen atoms in total. The molecule has 31 heavy (non-hydrogen) atoms. The second-order valence-electron chi connectivity index (χ2n) is 8.52. The molecule has 1 aliphatic carbocycles. The predicted octanol–water partition coefficient (Wildman–Crippen LogP) is 4.15. The van der Waals surface area contributed by atoms with E-state index in [2.05, 4.69) is 16.0 Å². The molecule has 1 aromatic heterocycles. The first kappa shape index (κ1) is 20.6. The molecule has 0 spiro atoms. The molecule has 3 aliphatic rings. The van der Waals surface area contributed by atoms with Crippen molar-refractivity contribution in [3.63, 3.8) is 0 Å². The van der Waals surface area contributed by atoms with Gasteiger partial charge in [0.2, 0.25) is 5.91 Å². The van der Waals surface area contributed by atoms with Crippen LogP contribution >= 0.6 is 23.2 Å². The number of benzene rings is 1. The molecular formula is C23H22Cl2N4O2. The van der Waals surface area contributed by atoms with Gasteiger partial charge in [0, 0.05) is 31.4 Å². The molecule has 2 atom stereocenters. The maximum absolute atomic E-state index is 13.0. The molecule has 8 heteroatoms. The lowest BCUT2D eigenvalue weighted by Crippen LogP contribution is -2.56. The minimum atomic E-state index is -0.420. The Morgan fingerprint density at radius 2 is 1.90 bits per heavy atom. The molecule has 2 aliphatic heterocycles. The van der Waals surface area contributed by atoms with E-state index in [0.717, 1.165) is 37.1 Å². The first-order valence-corrected chi connectivity index (χ1v) is 11.3. The Morgan fingerprint density at radius 1 is 1.16 bits per heavy atom. The minimum Gasteiger partial charge on any atom is -0.360 e. The van der Waals surface area contributed by atoms with Gasteiger partial charge in [0.25, 0.3) is 0 Å². The lowest BCUT2D eigenvalue weighted by atomic mass is 10.1. The van der Waals surface area contributed by atoms with Gasteiger partial charge in [-0.25, -0.2) is 4.98 Å². The van der Waals surface area contributed by atoms with Crippen LogP contribution in [0.2, 0.25) is 10.0 Å². The number of nitrogens with zero attached hydrogens (tertiary/aromatic N) is 4. The number of halogens is 2. The predicted molar refractivity (Wildman–Crippen MR) is 118 cm³/mol. The summed E-state index contributed by atoms with van der Waals surface area (Å²) in [6, 6.07) is 11.8. The number of nitriles is 1. The average molecular weight is 457 g/mol. The van der Waals surface area contributed by atoms with Gasteiger partial charge in [-0.15, -0.1) is 0 Å². The van der Waals surface area contributed by atoms with Crippen LogP contribution in [0.5, 0.6) is 0 Å². The number of fused-ring (bicyclic) bond motifs is 2. The van der Waals surface area contributed by atoms with Gasteiger partial charge in [0.15, 0.2) is 0 Å². The fourth-order valence-corrected chi connectivity index (χ4v) is 5.08. The van der Waals surface area contributed by atoms with E-state index in [1.807, 2.05) is 23.1 Å². The van der Waals surface area contributed by atoms with Crippen molar-refractivity contribution in [3.05, 3.63) is 57.7 Å². The summed E-state index contributed by atoms with van der Waals surface area (Å²) in [6.45, 7) is 1.40. The average Bonchev–Trinajstić information content (AvgIpc) is 3.53. The molecule has 2 saturated heterocycles. The molecule has 1 aromatic carbocycles. The SMILES string of the molecule is N#Cc1ccc(N2C3CCC2CN(C(=O)COC2(c4ccc(Cl)c(Cl)c4)CC2)C3)nc1. The number of hydrogen-bond donors (Lipinski definition) is 0. The highest BCUT2D eigenvalue weighted by atomic mass is 35.5. The van der Waals surface area contributed by atoms with Crippen LogP contribution in [0.15, 0.2) is 36.5 Å². The zero-order valence-electron chi connectivity index (χ0n) is 16.9. The van der Waals surface area contributed by atoms with Gasteiger partial charge in [-0.3, -0.25) is 4.79 Å². The van der Waals surface area contributed by atoms with Crippen molar-refractivity contribution in [2.45, 2.75) is 43.4 Å². The number of hydrogen-bond acceptors (Lipinski definition) is 5. The Hall–Kier alpha value is -2.33. The van der Waals surface area contributed by atoms with E-state index >= 15 is 0 Å². The normalized spacial score (nSPS) is 23.5. The lowest BCUT2D eigenvalue weighted by Gasteiger charge is -2.41. The molecule has 1 amide bonds. The van der Waals surface area contributed by atoms with Crippen molar-refractivity contribution in [1.29, 1.82) is 5.26 Å². The Labute approximate surface area is 191 Å². The van der Waals surface area contributed by atoms with Crippen LogP contribution in [-0.4, -0.2) is 47.6 Å². The third-order valence-electron chi connectivity index (χ3n) is 6.60. The number of piperazine rings is 1. The first-order valence-electron chi connectivity index (χ1n) is 10.5. The van der Waals surface area contributed by atoms with E-state index in [4.69, 9.17) is 33.2 Å². The van der Waals surface area contributed by atoms with Crippen LogP contribution in [0.4, 0.5) is 5.82 Å². The summed E-state index contributed by atoms with van der Waals surface area (Å²) in [5.74, 6) is 0.905. The molecule has 2 unspecified atom stereocenters. The van der Waals surface area contributed by atoms with Crippen LogP contribution in [0.3, 0.4) is 0 Å². The van der Waals surface area contributed by atoms with E-state index in [0.29, 0.717) is 28.7 Å². The highest BCUT2D eigenvalue weighted by Crippen LogP contribution is 2.50. The van der Waals surface area contributed by atoms with E-state index in [9.17, 15) is 4.79 Å². The van der Waals surface area contributed by atoms with Gasteiger partial charge >= 0.3 is 0 Å². The second kappa shape index (κ2) is 7.98. The Bertz CT molecular complexity index is 1030. The molecule has 2 aromatic rings. The topological polar surface area (TPSA) is 69.5 Å². The van der Waals surface area contributed by atoms with Crippen LogP contribution < -0.4 is 4.90 Å². The molecule has 160 valence electrons. The Morgan fingerprint density at radius 3 is 2.48 bits per heavy atom. The highest BCUT2D eigenvalue weighted by molar-refractivity contribution is 6.42. The van der Waals surface area contributed by atoms with Gasteiger partial charge in [0.1, 0.15) is 18.5 Å². The number of ether oxygens (including phenoxy) is 1. The molecule has 0 N–H and O–H groups in total. The van der Waals surface area contributed by atoms with Gasteiger partial charge in [-0.2, -0.15) is 5.26 Å². The Balaban J connectivity index is 1.22. The van der Waals surface area contributed by atoms with Crippen molar-refractivity contribution in [2.24, 2.45) is 0 Å². The first-order chi connectivity index (χ1) is 15.0. The summed E-state index contributed by atoms with van der Waals surface area (Å²) in [5, 5.41) is 10.0. The summed E-state index contributed by atoms with van der Waals surface area (Å²) in [4.78, 5) is 21.7. The van der Waals surface area contributed by atoms with Crippen LogP contribution in [0.1, 0.15) is 36.8 Å². The van der Waals surface area contributed by atoms with Gasteiger partial charge < -0.3 is 14.5 Å². The zero-order valence-corrected chi connectivity index (χ0v) is 18.4. The van der Waals surface area contributed by atoms with Crippen molar-refractivity contribution in [2.75, 3.05) is 24.6 Å². The number of aromatic nitrogens is 1. The largest absolute Gasteiger partial charge is 0.360 e. The van der Waals surface area contributed by atoms with E-state index < -0.39 is 5.60 Å². The van der Waals surface area contributed by atoms with Crippen LogP contribution in [0.25, 0.3) is 0 Å². The smallest absolute Gasteiger partial charge is 0.248 e. The monoisotopic (exact) mass is 456 g/mol. The summed E-state index contributed by atoms with van der Waals surface area (Å²) in [5.41, 5.74) is 1.11. The van der Waals surface area contributed by atoms with E-state index in [1.165, 1.54) is 0 Å². The fourth-order valence-electron chi connectivity index (χ4n) is 4.79. The van der Waals surface area contributed by atoms with Gasteiger partial charge in [-0.1, -0.05) is 29.3 Å². The van der Waals surface area contributed by atoms with Crippen molar-refractivity contribution < 1.29 is 9.53 Å². The van der Waals surface area contributed by atoms with Crippen molar-refractivity contribution in [1.82, 2.24) is 9.88 Å². The highest BCUT2D eigenvalue weighted by Gasteiger charge is 2.47. The van der Waals surface area contributed by atoms with Crippen molar-refractivity contribution in [3.8, 4) is 6.07 Å². The standard InChI is InChI=1S/C23H22Cl2N4O2/c24-19-5-2-16(9-20(19)25)23(7-8-23)31-14-22(30)28-12-17-3-4-18(13-28)29(17)21-6-1-15(10-26)11-27-21/h1-2,5-6,9,11,17-18H,3-4,7-8,12-14H2. The maximum Gasteiger partial charge on any atom is 0.248 e. The van der Waals surface area contributed by atoms with Crippen LogP contribution in [0, 0.1) is 11.3 Å². The number of pyridine rings is 1. The van der Waals surface area contributed by atoms with E-state index in [-0.39, 0.29) is 24.6 Å². The molecule has 3 heterocycles. The number of carbonyl (C=O) groups is 1. The van der Waals surface area contributed by atoms with Gasteiger partial charge in [0.05, 0.1) is 21.2 Å².